The van der Waals surface area contributed by atoms with Crippen LogP contribution in [0.25, 0.3) is 0 Å². The molecule has 6 heteroatoms. The van der Waals surface area contributed by atoms with Gasteiger partial charge in [-0.15, -0.1) is 0 Å². The first-order chi connectivity index (χ1) is 12.5. The molecule has 0 unspecified atom stereocenters. The molecule has 0 radical (unpaired) electrons. The summed E-state index contributed by atoms with van der Waals surface area (Å²) in [7, 11) is 0. The third kappa shape index (κ3) is 6.33. The largest absolute Gasteiger partial charge is 0.491 e. The first-order valence-corrected chi connectivity index (χ1v) is 9.40. The van der Waals surface area contributed by atoms with E-state index in [1.807, 2.05) is 49.9 Å². The van der Waals surface area contributed by atoms with Crippen LogP contribution in [-0.2, 0) is 20.9 Å². The van der Waals surface area contributed by atoms with Crippen LogP contribution in [0.3, 0.4) is 0 Å². The number of carbonyl (C=O) groups excluding carboxylic acids is 2. The highest BCUT2D eigenvalue weighted by Gasteiger charge is 2.27. The Balaban J connectivity index is 1.68. The van der Waals surface area contributed by atoms with E-state index in [2.05, 4.69) is 5.32 Å². The van der Waals surface area contributed by atoms with Gasteiger partial charge in [0, 0.05) is 19.6 Å². The second kappa shape index (κ2) is 10.2. The first-order valence-electron chi connectivity index (χ1n) is 9.40. The Kier molecular flexibility index (Phi) is 7.91. The highest BCUT2D eigenvalue weighted by molar-refractivity contribution is 5.79. The summed E-state index contributed by atoms with van der Waals surface area (Å²) >= 11 is 0. The van der Waals surface area contributed by atoms with Crippen molar-refractivity contribution in [1.29, 1.82) is 0 Å². The molecule has 144 valence electrons. The maximum Gasteiger partial charge on any atom is 0.309 e. The minimum absolute atomic E-state index is 0.0708. The Morgan fingerprint density at radius 2 is 1.85 bits per heavy atom. The van der Waals surface area contributed by atoms with Gasteiger partial charge >= 0.3 is 5.97 Å². The molecule has 1 aromatic rings. The second-order valence-electron chi connectivity index (χ2n) is 6.82. The van der Waals surface area contributed by atoms with Gasteiger partial charge in [0.05, 0.1) is 25.2 Å². The number of hydrogen-bond donors (Lipinski definition) is 1. The van der Waals surface area contributed by atoms with Crippen LogP contribution < -0.4 is 10.1 Å². The fraction of sp³-hybridized carbons (Fsp3) is 0.600. The average molecular weight is 362 g/mol. The first kappa shape index (κ1) is 20.2. The number of nitrogens with zero attached hydrogens (tertiary/aromatic N) is 1. The summed E-state index contributed by atoms with van der Waals surface area (Å²) in [6.45, 7) is 8.38. The molecule has 0 spiro atoms. The molecule has 1 amide bonds. The van der Waals surface area contributed by atoms with E-state index in [0.29, 0.717) is 45.6 Å². The number of hydrogen-bond acceptors (Lipinski definition) is 5. The van der Waals surface area contributed by atoms with Gasteiger partial charge in [-0.05, 0) is 51.3 Å². The quantitative estimate of drug-likeness (QED) is 0.719. The third-order valence-corrected chi connectivity index (χ3v) is 4.37. The zero-order valence-corrected chi connectivity index (χ0v) is 16.0. The van der Waals surface area contributed by atoms with Crippen LogP contribution in [0.5, 0.6) is 5.75 Å². The normalized spacial score (nSPS) is 15.2. The van der Waals surface area contributed by atoms with Crippen LogP contribution in [0.2, 0.25) is 0 Å². The highest BCUT2D eigenvalue weighted by atomic mass is 16.5. The minimum atomic E-state index is -0.136. The van der Waals surface area contributed by atoms with Gasteiger partial charge < -0.3 is 19.7 Å². The molecule has 2 rings (SSSR count). The van der Waals surface area contributed by atoms with Crippen LogP contribution in [0.1, 0.15) is 39.2 Å². The van der Waals surface area contributed by atoms with Gasteiger partial charge in [-0.1, -0.05) is 12.1 Å². The van der Waals surface area contributed by atoms with Gasteiger partial charge in [0.15, 0.2) is 0 Å². The summed E-state index contributed by atoms with van der Waals surface area (Å²) in [6, 6.07) is 7.89. The molecule has 1 heterocycles. The number of esters is 1. The van der Waals surface area contributed by atoms with E-state index < -0.39 is 0 Å². The van der Waals surface area contributed by atoms with Crippen LogP contribution in [0.15, 0.2) is 24.3 Å². The molecule has 1 aliphatic heterocycles. The summed E-state index contributed by atoms with van der Waals surface area (Å²) in [5.41, 5.74) is 1.11. The molecule has 1 aromatic carbocycles. The van der Waals surface area contributed by atoms with Gasteiger partial charge in [-0.2, -0.15) is 0 Å². The van der Waals surface area contributed by atoms with E-state index in [1.54, 1.807) is 0 Å². The van der Waals surface area contributed by atoms with Crippen molar-refractivity contribution < 1.29 is 19.1 Å². The van der Waals surface area contributed by atoms with Crippen molar-refractivity contribution >= 4 is 11.9 Å². The van der Waals surface area contributed by atoms with E-state index in [0.717, 1.165) is 11.3 Å². The standard InChI is InChI=1S/C20H30N2O4/c1-4-25-20(24)17-9-11-22(12-10-17)19(23)14-21-13-16-5-7-18(8-6-16)26-15(2)3/h5-8,15,17,21H,4,9-14H2,1-3H3. The second-order valence-corrected chi connectivity index (χ2v) is 6.82. The molecular weight excluding hydrogens is 332 g/mol. The summed E-state index contributed by atoms with van der Waals surface area (Å²) in [4.78, 5) is 25.9. The molecule has 1 aliphatic rings. The zero-order valence-electron chi connectivity index (χ0n) is 16.0. The number of carbonyl (C=O) groups is 2. The molecule has 0 atom stereocenters. The number of amides is 1. The van der Waals surface area contributed by atoms with Crippen molar-refractivity contribution in [2.75, 3.05) is 26.2 Å². The summed E-state index contributed by atoms with van der Waals surface area (Å²) in [5, 5.41) is 3.19. The van der Waals surface area contributed by atoms with E-state index in [-0.39, 0.29) is 23.9 Å². The van der Waals surface area contributed by atoms with Crippen LogP contribution in [-0.4, -0.2) is 49.1 Å². The van der Waals surface area contributed by atoms with Crippen molar-refractivity contribution in [3.8, 4) is 5.75 Å². The van der Waals surface area contributed by atoms with Crippen LogP contribution >= 0.6 is 0 Å². The molecule has 0 aromatic heterocycles. The van der Waals surface area contributed by atoms with Gasteiger partial charge in [-0.3, -0.25) is 9.59 Å². The van der Waals surface area contributed by atoms with Crippen molar-refractivity contribution in [3.05, 3.63) is 29.8 Å². The summed E-state index contributed by atoms with van der Waals surface area (Å²) in [6.07, 6.45) is 1.52. The van der Waals surface area contributed by atoms with Crippen molar-refractivity contribution in [2.45, 2.75) is 46.3 Å². The molecule has 0 saturated carbocycles. The molecule has 1 fully saturated rings. The monoisotopic (exact) mass is 362 g/mol. The van der Waals surface area contributed by atoms with Crippen molar-refractivity contribution in [3.63, 3.8) is 0 Å². The third-order valence-electron chi connectivity index (χ3n) is 4.37. The Hall–Kier alpha value is -2.08. The van der Waals surface area contributed by atoms with Crippen LogP contribution in [0.4, 0.5) is 0 Å². The number of benzene rings is 1. The predicted molar refractivity (Wildman–Crippen MR) is 99.8 cm³/mol. The Bertz CT molecular complexity index is 578. The van der Waals surface area contributed by atoms with Crippen LogP contribution in [0, 0.1) is 5.92 Å². The topological polar surface area (TPSA) is 67.9 Å². The maximum absolute atomic E-state index is 12.3. The SMILES string of the molecule is CCOC(=O)C1CCN(C(=O)CNCc2ccc(OC(C)C)cc2)CC1. The number of ether oxygens (including phenoxy) is 2. The smallest absolute Gasteiger partial charge is 0.309 e. The molecule has 26 heavy (non-hydrogen) atoms. The van der Waals surface area contributed by atoms with Gasteiger partial charge in [0.25, 0.3) is 0 Å². The fourth-order valence-electron chi connectivity index (χ4n) is 3.01. The fourth-order valence-corrected chi connectivity index (χ4v) is 3.01. The number of nitrogens with one attached hydrogen (secondary N) is 1. The van der Waals surface area contributed by atoms with Crippen molar-refractivity contribution in [1.82, 2.24) is 10.2 Å². The predicted octanol–water partition coefficient (Wildman–Crippen LogP) is 2.37. The summed E-state index contributed by atoms with van der Waals surface area (Å²) < 4.78 is 10.7. The van der Waals surface area contributed by atoms with Gasteiger partial charge in [0.1, 0.15) is 5.75 Å². The lowest BCUT2D eigenvalue weighted by atomic mass is 9.97. The Morgan fingerprint density at radius 1 is 1.19 bits per heavy atom. The minimum Gasteiger partial charge on any atom is -0.491 e. The molecule has 6 nitrogen and oxygen atoms in total. The summed E-state index contributed by atoms with van der Waals surface area (Å²) in [5.74, 6) is 0.720. The molecule has 0 aliphatic carbocycles. The lowest BCUT2D eigenvalue weighted by Crippen LogP contribution is -2.44. The average Bonchev–Trinajstić information content (AvgIpc) is 2.63. The lowest BCUT2D eigenvalue weighted by Gasteiger charge is -2.31. The molecule has 1 N–H and O–H groups in total. The van der Waals surface area contributed by atoms with E-state index in [4.69, 9.17) is 9.47 Å². The maximum atomic E-state index is 12.3. The number of likely N-dealkylation sites (tertiary alicyclic amines) is 1. The van der Waals surface area contributed by atoms with E-state index >= 15 is 0 Å². The lowest BCUT2D eigenvalue weighted by molar-refractivity contribution is -0.151. The molecule has 0 bridgehead atoms. The number of piperidine rings is 1. The van der Waals surface area contributed by atoms with Gasteiger partial charge in [-0.25, -0.2) is 0 Å². The van der Waals surface area contributed by atoms with E-state index in [9.17, 15) is 9.59 Å². The highest BCUT2D eigenvalue weighted by Crippen LogP contribution is 2.18. The zero-order chi connectivity index (χ0) is 18.9. The Labute approximate surface area is 155 Å². The Morgan fingerprint density at radius 3 is 2.42 bits per heavy atom. The van der Waals surface area contributed by atoms with Crippen molar-refractivity contribution in [2.24, 2.45) is 5.92 Å². The van der Waals surface area contributed by atoms with Gasteiger partial charge in [0.2, 0.25) is 5.91 Å². The molecular formula is C20H30N2O4. The molecule has 1 saturated heterocycles. The van der Waals surface area contributed by atoms with E-state index in [1.165, 1.54) is 0 Å². The number of rotatable bonds is 8.